The number of rotatable bonds is 2. The molecule has 2 fully saturated rings. The third kappa shape index (κ3) is 2.89. The number of aliphatic hydroxyl groups excluding tert-OH is 1. The highest BCUT2D eigenvalue weighted by atomic mass is 79.9. The lowest BCUT2D eigenvalue weighted by Crippen LogP contribution is -2.41. The van der Waals surface area contributed by atoms with Gasteiger partial charge in [0.05, 0.1) is 6.10 Å². The molecule has 1 aliphatic heterocycles. The standard InChI is InChI=1S/C17H24BrNO/c1-12(20)16-7-6-15(10-17(16)18)19-9-8-13-4-2-3-5-14(13)11-19/h6-7,10,12-14,20H,2-5,8-9,11H2,1H3. The summed E-state index contributed by atoms with van der Waals surface area (Å²) in [6.45, 7) is 4.21. The van der Waals surface area contributed by atoms with Crippen molar-refractivity contribution >= 4 is 21.6 Å². The minimum Gasteiger partial charge on any atom is -0.389 e. The Morgan fingerprint density at radius 2 is 1.95 bits per heavy atom. The maximum Gasteiger partial charge on any atom is 0.0772 e. The lowest BCUT2D eigenvalue weighted by Gasteiger charge is -2.42. The van der Waals surface area contributed by atoms with E-state index in [0.29, 0.717) is 0 Å². The lowest BCUT2D eigenvalue weighted by atomic mass is 9.75. The van der Waals surface area contributed by atoms with Gasteiger partial charge < -0.3 is 10.0 Å². The molecule has 20 heavy (non-hydrogen) atoms. The van der Waals surface area contributed by atoms with Gasteiger partial charge in [-0.1, -0.05) is 41.3 Å². The second-order valence-corrected chi connectivity index (χ2v) is 7.28. The minimum absolute atomic E-state index is 0.414. The smallest absolute Gasteiger partial charge is 0.0772 e. The zero-order valence-electron chi connectivity index (χ0n) is 12.2. The fraction of sp³-hybridized carbons (Fsp3) is 0.647. The SMILES string of the molecule is CC(O)c1ccc(N2CCC3CCCCC3C2)cc1Br. The Kier molecular flexibility index (Phi) is 4.37. The molecule has 0 radical (unpaired) electrons. The average molecular weight is 338 g/mol. The molecule has 1 aromatic rings. The predicted octanol–water partition coefficient (Wildman–Crippen LogP) is 4.52. The molecule has 2 aliphatic rings. The molecular formula is C17H24BrNO. The largest absolute Gasteiger partial charge is 0.389 e. The van der Waals surface area contributed by atoms with Gasteiger partial charge >= 0.3 is 0 Å². The molecular weight excluding hydrogens is 314 g/mol. The molecule has 1 N–H and O–H groups in total. The van der Waals surface area contributed by atoms with Crippen molar-refractivity contribution in [2.45, 2.75) is 45.1 Å². The molecule has 0 amide bonds. The zero-order chi connectivity index (χ0) is 14.1. The van der Waals surface area contributed by atoms with Crippen LogP contribution < -0.4 is 4.90 Å². The fourth-order valence-electron chi connectivity index (χ4n) is 3.89. The van der Waals surface area contributed by atoms with Crippen molar-refractivity contribution in [2.75, 3.05) is 18.0 Å². The van der Waals surface area contributed by atoms with Gasteiger partial charge in [-0.25, -0.2) is 0 Å². The van der Waals surface area contributed by atoms with Crippen molar-refractivity contribution < 1.29 is 5.11 Å². The number of anilines is 1. The Morgan fingerprint density at radius 1 is 1.20 bits per heavy atom. The van der Waals surface area contributed by atoms with Crippen molar-refractivity contribution in [1.82, 2.24) is 0 Å². The number of piperidine rings is 1. The highest BCUT2D eigenvalue weighted by Crippen LogP contribution is 2.38. The first kappa shape index (κ1) is 14.4. The van der Waals surface area contributed by atoms with Gasteiger partial charge in [0.2, 0.25) is 0 Å². The minimum atomic E-state index is -0.414. The van der Waals surface area contributed by atoms with E-state index in [1.807, 2.05) is 6.92 Å². The van der Waals surface area contributed by atoms with Gasteiger partial charge in [0.25, 0.3) is 0 Å². The summed E-state index contributed by atoms with van der Waals surface area (Å²) in [5.74, 6) is 1.87. The van der Waals surface area contributed by atoms with Crippen LogP contribution in [0.2, 0.25) is 0 Å². The summed E-state index contributed by atoms with van der Waals surface area (Å²) in [6, 6.07) is 6.39. The predicted molar refractivity (Wildman–Crippen MR) is 87.1 cm³/mol. The van der Waals surface area contributed by atoms with Crippen LogP contribution in [0.25, 0.3) is 0 Å². The summed E-state index contributed by atoms with van der Waals surface area (Å²) >= 11 is 3.60. The van der Waals surface area contributed by atoms with Gasteiger partial charge in [-0.05, 0) is 49.3 Å². The molecule has 0 spiro atoms. The van der Waals surface area contributed by atoms with Crippen molar-refractivity contribution in [3.8, 4) is 0 Å². The van der Waals surface area contributed by atoms with Gasteiger partial charge in [0.1, 0.15) is 0 Å². The van der Waals surface area contributed by atoms with E-state index in [1.165, 1.54) is 50.9 Å². The number of aliphatic hydroxyl groups is 1. The highest BCUT2D eigenvalue weighted by Gasteiger charge is 2.31. The first-order valence-corrected chi connectivity index (χ1v) is 8.67. The molecule has 3 heteroatoms. The molecule has 1 saturated heterocycles. The molecule has 0 bridgehead atoms. The maximum atomic E-state index is 9.72. The average Bonchev–Trinajstić information content (AvgIpc) is 2.46. The Hall–Kier alpha value is -0.540. The van der Waals surface area contributed by atoms with E-state index in [2.05, 4.69) is 39.0 Å². The molecule has 1 heterocycles. The van der Waals surface area contributed by atoms with Crippen LogP contribution in [0.4, 0.5) is 5.69 Å². The van der Waals surface area contributed by atoms with Crippen molar-refractivity contribution in [3.05, 3.63) is 28.2 Å². The van der Waals surface area contributed by atoms with E-state index in [0.717, 1.165) is 21.9 Å². The quantitative estimate of drug-likeness (QED) is 0.857. The van der Waals surface area contributed by atoms with Crippen LogP contribution in [0, 0.1) is 11.8 Å². The highest BCUT2D eigenvalue weighted by molar-refractivity contribution is 9.10. The van der Waals surface area contributed by atoms with Crippen molar-refractivity contribution in [3.63, 3.8) is 0 Å². The molecule has 1 aliphatic carbocycles. The molecule has 3 rings (SSSR count). The molecule has 1 aromatic carbocycles. The van der Waals surface area contributed by atoms with Crippen LogP contribution in [-0.4, -0.2) is 18.2 Å². The van der Waals surface area contributed by atoms with Gasteiger partial charge in [0, 0.05) is 23.2 Å². The van der Waals surface area contributed by atoms with Crippen LogP contribution in [0.15, 0.2) is 22.7 Å². The second-order valence-electron chi connectivity index (χ2n) is 6.42. The van der Waals surface area contributed by atoms with Crippen LogP contribution in [0.1, 0.15) is 50.7 Å². The van der Waals surface area contributed by atoms with E-state index < -0.39 is 6.10 Å². The summed E-state index contributed by atoms with van der Waals surface area (Å²) in [7, 11) is 0. The van der Waals surface area contributed by atoms with E-state index in [-0.39, 0.29) is 0 Å². The first-order valence-electron chi connectivity index (χ1n) is 7.87. The Labute approximate surface area is 130 Å². The monoisotopic (exact) mass is 337 g/mol. The van der Waals surface area contributed by atoms with Crippen LogP contribution in [-0.2, 0) is 0 Å². The van der Waals surface area contributed by atoms with E-state index in [4.69, 9.17) is 0 Å². The molecule has 0 aromatic heterocycles. The van der Waals surface area contributed by atoms with E-state index in [1.54, 1.807) is 0 Å². The van der Waals surface area contributed by atoms with Crippen molar-refractivity contribution in [1.29, 1.82) is 0 Å². The molecule has 110 valence electrons. The van der Waals surface area contributed by atoms with E-state index >= 15 is 0 Å². The number of nitrogens with zero attached hydrogens (tertiary/aromatic N) is 1. The van der Waals surface area contributed by atoms with E-state index in [9.17, 15) is 5.11 Å². The number of hydrogen-bond acceptors (Lipinski definition) is 2. The lowest BCUT2D eigenvalue weighted by molar-refractivity contribution is 0.198. The van der Waals surface area contributed by atoms with Crippen LogP contribution in [0.3, 0.4) is 0 Å². The fourth-order valence-corrected chi connectivity index (χ4v) is 4.58. The second kappa shape index (κ2) is 6.07. The summed E-state index contributed by atoms with van der Waals surface area (Å²) in [5, 5.41) is 9.72. The van der Waals surface area contributed by atoms with Crippen LogP contribution in [0.5, 0.6) is 0 Å². The third-order valence-electron chi connectivity index (χ3n) is 5.09. The van der Waals surface area contributed by atoms with Gasteiger partial charge in [0.15, 0.2) is 0 Å². The Bertz CT molecular complexity index is 474. The molecule has 3 atom stereocenters. The maximum absolute atomic E-state index is 9.72. The Morgan fingerprint density at radius 3 is 2.65 bits per heavy atom. The number of fused-ring (bicyclic) bond motifs is 1. The molecule has 1 saturated carbocycles. The Balaban J connectivity index is 1.75. The van der Waals surface area contributed by atoms with Gasteiger partial charge in [-0.15, -0.1) is 0 Å². The topological polar surface area (TPSA) is 23.5 Å². The summed E-state index contributed by atoms with van der Waals surface area (Å²) in [4.78, 5) is 2.53. The van der Waals surface area contributed by atoms with Gasteiger partial charge in [-0.2, -0.15) is 0 Å². The normalized spacial score (nSPS) is 28.1. The third-order valence-corrected chi connectivity index (χ3v) is 5.78. The summed E-state index contributed by atoms with van der Waals surface area (Å²) in [6.07, 6.45) is 6.65. The number of benzene rings is 1. The summed E-state index contributed by atoms with van der Waals surface area (Å²) < 4.78 is 1.02. The molecule has 3 unspecified atom stereocenters. The molecule has 2 nitrogen and oxygen atoms in total. The van der Waals surface area contributed by atoms with Crippen LogP contribution >= 0.6 is 15.9 Å². The summed E-state index contributed by atoms with van der Waals surface area (Å²) in [5.41, 5.74) is 2.27. The first-order chi connectivity index (χ1) is 9.65. The zero-order valence-corrected chi connectivity index (χ0v) is 13.8. The van der Waals surface area contributed by atoms with Crippen molar-refractivity contribution in [2.24, 2.45) is 11.8 Å². The number of hydrogen-bond donors (Lipinski definition) is 1. The number of halogens is 1. The van der Waals surface area contributed by atoms with Gasteiger partial charge in [-0.3, -0.25) is 0 Å².